The van der Waals surface area contributed by atoms with Crippen LogP contribution in [0.2, 0.25) is 0 Å². The van der Waals surface area contributed by atoms with Gasteiger partial charge in [-0.25, -0.2) is 4.57 Å². The largest absolute Gasteiger partial charge is 0.472 e. The molecule has 0 bridgehead atoms. The SMILES string of the molecule is CC/C=C\C/C=C\C/C=C\C/C=C\C/C=C\C/C=C\C/C=C\C/C=C\C/C=C\C/C=C\C/C=C\CCCCCC(=O)OC(COC(=O)CCC/C=C\C/C=C\C/C=C\C/C=C\C/C=C\C/C=C\C/C=C\C/C=C\C/C=C\CC)COP(=O)(O)OCCN. The van der Waals surface area contributed by atoms with Gasteiger partial charge >= 0.3 is 19.8 Å². The molecule has 2 atom stereocenters. The van der Waals surface area contributed by atoms with Gasteiger partial charge < -0.3 is 20.1 Å². The Morgan fingerprint density at radius 3 is 0.897 bits per heavy atom. The Morgan fingerprint density at radius 2 is 0.609 bits per heavy atom. The molecule has 0 heterocycles. The van der Waals surface area contributed by atoms with Crippen molar-refractivity contribution < 1.29 is 37.6 Å². The molecule has 3 N–H and O–H groups in total. The van der Waals surface area contributed by atoms with Crippen LogP contribution in [0.4, 0.5) is 0 Å². The molecule has 0 saturated carbocycles. The summed E-state index contributed by atoms with van der Waals surface area (Å²) >= 11 is 0. The molecule has 87 heavy (non-hydrogen) atoms. The van der Waals surface area contributed by atoms with Crippen LogP contribution in [0.1, 0.15) is 194 Å². The van der Waals surface area contributed by atoms with Crippen molar-refractivity contribution in [1.82, 2.24) is 0 Å². The molecular weight excluding hydrogens is 1100 g/mol. The van der Waals surface area contributed by atoms with Gasteiger partial charge in [-0.2, -0.15) is 0 Å². The van der Waals surface area contributed by atoms with Gasteiger partial charge in [0.05, 0.1) is 13.2 Å². The van der Waals surface area contributed by atoms with Crippen LogP contribution in [-0.2, 0) is 32.7 Å². The van der Waals surface area contributed by atoms with E-state index in [0.29, 0.717) is 19.3 Å². The first kappa shape index (κ1) is 80.8. The van der Waals surface area contributed by atoms with E-state index in [4.69, 9.17) is 24.3 Å². The normalized spacial score (nSPS) is 14.6. The van der Waals surface area contributed by atoms with E-state index in [-0.39, 0.29) is 32.6 Å². The number of hydrogen-bond donors (Lipinski definition) is 2. The molecule has 2 unspecified atom stereocenters. The van der Waals surface area contributed by atoms with Gasteiger partial charge in [-0.1, -0.05) is 263 Å². The number of hydrogen-bond acceptors (Lipinski definition) is 8. The summed E-state index contributed by atoms with van der Waals surface area (Å²) in [5.74, 6) is -0.961. The fraction of sp³-hybridized carbons (Fsp3) is 0.455. The molecule has 0 radical (unpaired) electrons. The first-order valence-electron chi connectivity index (χ1n) is 32.5. The van der Waals surface area contributed by atoms with Crippen LogP contribution in [0.3, 0.4) is 0 Å². The summed E-state index contributed by atoms with van der Waals surface area (Å²) in [5, 5.41) is 0. The molecule has 10 heteroatoms. The third-order valence-electron chi connectivity index (χ3n) is 12.2. The second-order valence-corrected chi connectivity index (χ2v) is 21.6. The number of allylic oxidation sites excluding steroid dienone is 40. The molecule has 0 spiro atoms. The van der Waals surface area contributed by atoms with Crippen LogP contribution < -0.4 is 5.73 Å². The highest BCUT2D eigenvalue weighted by molar-refractivity contribution is 7.47. The molecular formula is C77H114NO8P. The van der Waals surface area contributed by atoms with Crippen molar-refractivity contribution >= 4 is 19.8 Å². The first-order valence-corrected chi connectivity index (χ1v) is 34.0. The van der Waals surface area contributed by atoms with Gasteiger partial charge in [0.15, 0.2) is 6.10 Å². The summed E-state index contributed by atoms with van der Waals surface area (Å²) < 4.78 is 33.0. The van der Waals surface area contributed by atoms with Crippen LogP contribution in [0.25, 0.3) is 0 Å². The average Bonchev–Trinajstić information content (AvgIpc) is 3.65. The minimum Gasteiger partial charge on any atom is -0.462 e. The van der Waals surface area contributed by atoms with Crippen molar-refractivity contribution in [3.63, 3.8) is 0 Å². The Hall–Kier alpha value is -6.19. The van der Waals surface area contributed by atoms with Crippen LogP contribution in [0, 0.1) is 0 Å². The minimum atomic E-state index is -4.44. The zero-order valence-electron chi connectivity index (χ0n) is 53.6. The second kappa shape index (κ2) is 68.9. The molecule has 9 nitrogen and oxygen atoms in total. The molecule has 0 aliphatic rings. The van der Waals surface area contributed by atoms with Crippen molar-refractivity contribution in [2.45, 2.75) is 200 Å². The fourth-order valence-electron chi connectivity index (χ4n) is 7.52. The summed E-state index contributed by atoms with van der Waals surface area (Å²) in [6.07, 6.45) is 111. The molecule has 0 saturated heterocycles. The predicted molar refractivity (Wildman–Crippen MR) is 375 cm³/mol. The Balaban J connectivity index is 4.20. The average molecular weight is 1210 g/mol. The highest BCUT2D eigenvalue weighted by Gasteiger charge is 2.26. The van der Waals surface area contributed by atoms with Crippen LogP contribution in [0.5, 0.6) is 0 Å². The second-order valence-electron chi connectivity index (χ2n) is 20.2. The third kappa shape index (κ3) is 68.8. The maximum Gasteiger partial charge on any atom is 0.472 e. The molecule has 0 aliphatic carbocycles. The Kier molecular flexibility index (Phi) is 64.0. The van der Waals surface area contributed by atoms with E-state index in [1.54, 1.807) is 0 Å². The van der Waals surface area contributed by atoms with Crippen LogP contribution in [-0.4, -0.2) is 49.3 Å². The molecule has 0 fully saturated rings. The van der Waals surface area contributed by atoms with Crippen LogP contribution >= 0.6 is 7.82 Å². The van der Waals surface area contributed by atoms with E-state index >= 15 is 0 Å². The van der Waals surface area contributed by atoms with Crippen LogP contribution in [0.15, 0.2) is 243 Å². The molecule has 0 aliphatic heterocycles. The third-order valence-corrected chi connectivity index (χ3v) is 13.2. The number of esters is 2. The lowest BCUT2D eigenvalue weighted by Crippen LogP contribution is -2.29. The lowest BCUT2D eigenvalue weighted by molar-refractivity contribution is -0.161. The number of carbonyl (C=O) groups is 2. The maximum atomic E-state index is 12.7. The predicted octanol–water partition coefficient (Wildman–Crippen LogP) is 21.6. The number of ether oxygens (including phenoxy) is 2. The smallest absolute Gasteiger partial charge is 0.462 e. The van der Waals surface area contributed by atoms with E-state index in [0.717, 1.165) is 148 Å². The quantitative estimate of drug-likeness (QED) is 0.0264. The number of unbranched alkanes of at least 4 members (excludes halogenated alkanes) is 4. The van der Waals surface area contributed by atoms with Crippen molar-refractivity contribution in [2.24, 2.45) is 5.73 Å². The van der Waals surface area contributed by atoms with Crippen molar-refractivity contribution in [2.75, 3.05) is 26.4 Å². The molecule has 0 rings (SSSR count). The maximum absolute atomic E-state index is 12.7. The van der Waals surface area contributed by atoms with Gasteiger partial charge in [-0.05, 0) is 161 Å². The Morgan fingerprint density at radius 1 is 0.345 bits per heavy atom. The Labute approximate surface area is 529 Å². The molecule has 480 valence electrons. The summed E-state index contributed by atoms with van der Waals surface area (Å²) in [7, 11) is -4.44. The zero-order valence-corrected chi connectivity index (χ0v) is 54.5. The van der Waals surface area contributed by atoms with Crippen molar-refractivity contribution in [1.29, 1.82) is 0 Å². The van der Waals surface area contributed by atoms with E-state index in [1.165, 1.54) is 0 Å². The summed E-state index contributed by atoms with van der Waals surface area (Å²) in [6.45, 7) is 3.36. The van der Waals surface area contributed by atoms with Gasteiger partial charge in [-0.3, -0.25) is 18.6 Å². The summed E-state index contributed by atoms with van der Waals surface area (Å²) in [4.78, 5) is 35.2. The molecule has 0 aromatic rings. The highest BCUT2D eigenvalue weighted by Crippen LogP contribution is 2.43. The van der Waals surface area contributed by atoms with E-state index in [9.17, 15) is 19.0 Å². The molecule has 0 aromatic carbocycles. The highest BCUT2D eigenvalue weighted by atomic mass is 31.2. The number of rotatable bonds is 57. The zero-order chi connectivity index (χ0) is 63.0. The lowest BCUT2D eigenvalue weighted by Gasteiger charge is -2.19. The number of carbonyl (C=O) groups excluding carboxylic acids is 2. The van der Waals surface area contributed by atoms with Gasteiger partial charge in [-0.15, -0.1) is 0 Å². The number of phosphoric ester groups is 1. The topological polar surface area (TPSA) is 134 Å². The molecule has 0 amide bonds. The van der Waals surface area contributed by atoms with Gasteiger partial charge in [0.2, 0.25) is 0 Å². The van der Waals surface area contributed by atoms with Gasteiger partial charge in [0.1, 0.15) is 6.61 Å². The van der Waals surface area contributed by atoms with E-state index in [2.05, 4.69) is 251 Å². The Bertz CT molecular complexity index is 2320. The van der Waals surface area contributed by atoms with Gasteiger partial charge in [0.25, 0.3) is 0 Å². The standard InChI is InChI=1S/C77H114NO8P/c1-3-5-7-9-11-13-15-17-19-21-23-25-27-29-31-33-34-35-36-37-38-39-40-42-44-46-48-50-52-54-56-58-60-62-64-66-68-70-77(80)86-75(74-85-87(81,82)84-72-71-78)73-83-76(79)69-67-65-63-61-59-57-55-53-51-49-47-45-43-41-32-30-28-26-24-22-20-18-16-14-12-10-8-6-4-2/h5-8,11-14,17-20,23-26,29-32,34-35,37-38,40,42-43,45-46,48-49,51-52,54-55,57-58,60-61,63,75H,3-4,9-10,15-16,21-22,27-28,33,36,39,41,44,47,50,53,56,59,62,64-74,78H2,1-2H3,(H,81,82)/b7-5-,8-6-,13-11-,14-12-,19-17-,20-18-,25-23-,26-24-,31-29-,32-30-,35-34-,38-37-,42-40-,45-43-,48-46-,51-49-,54-52-,57-55-,60-58-,63-61-. The molecule has 0 aromatic heterocycles. The summed E-state index contributed by atoms with van der Waals surface area (Å²) in [5.41, 5.74) is 5.38. The summed E-state index contributed by atoms with van der Waals surface area (Å²) in [6, 6.07) is 0. The van der Waals surface area contributed by atoms with E-state index in [1.807, 2.05) is 6.08 Å². The van der Waals surface area contributed by atoms with E-state index < -0.39 is 32.5 Å². The fourth-order valence-corrected chi connectivity index (χ4v) is 8.29. The lowest BCUT2D eigenvalue weighted by atomic mass is 10.1. The number of phosphoric acid groups is 1. The number of nitrogens with two attached hydrogens (primary N) is 1. The monoisotopic (exact) mass is 1210 g/mol. The minimum absolute atomic E-state index is 0.0251. The first-order chi connectivity index (χ1) is 42.8. The van der Waals surface area contributed by atoms with Gasteiger partial charge in [0, 0.05) is 19.4 Å². The van der Waals surface area contributed by atoms with Crippen molar-refractivity contribution in [3.05, 3.63) is 243 Å². The van der Waals surface area contributed by atoms with Crippen molar-refractivity contribution in [3.8, 4) is 0 Å².